The van der Waals surface area contributed by atoms with Gasteiger partial charge in [-0.25, -0.2) is 4.79 Å². The fourth-order valence-corrected chi connectivity index (χ4v) is 2.05. The van der Waals surface area contributed by atoms with Crippen LogP contribution in [-0.4, -0.2) is 32.6 Å². The molecule has 1 fully saturated rings. The highest BCUT2D eigenvalue weighted by molar-refractivity contribution is 7.81. The van der Waals surface area contributed by atoms with Crippen LogP contribution in [0.2, 0.25) is 0 Å². The molecule has 7 heteroatoms. The molecule has 0 spiro atoms. The van der Waals surface area contributed by atoms with Crippen molar-refractivity contribution in [3.63, 3.8) is 0 Å². The second-order valence-corrected chi connectivity index (χ2v) is 4.30. The number of aliphatic hydroxyl groups excluding tert-OH is 1. The fraction of sp³-hybridized carbons (Fsp3) is 0.556. The summed E-state index contributed by atoms with van der Waals surface area (Å²) in [5.41, 5.74) is -0.961. The summed E-state index contributed by atoms with van der Waals surface area (Å²) in [7, 11) is 0. The van der Waals surface area contributed by atoms with Crippen molar-refractivity contribution in [2.75, 3.05) is 6.61 Å². The van der Waals surface area contributed by atoms with E-state index in [0.29, 0.717) is 6.42 Å². The van der Waals surface area contributed by atoms with Crippen molar-refractivity contribution in [2.24, 2.45) is 0 Å². The third-order valence-corrected chi connectivity index (χ3v) is 3.09. The molecule has 1 aliphatic rings. The molecule has 0 bridgehead atoms. The molecular formula is C9H12N2O4S. The number of thiol groups is 1. The van der Waals surface area contributed by atoms with Crippen LogP contribution >= 0.6 is 12.6 Å². The second-order valence-electron chi connectivity index (χ2n) is 3.63. The minimum Gasteiger partial charge on any atom is -0.394 e. The third-order valence-electron chi connectivity index (χ3n) is 2.55. The fourth-order valence-electron chi connectivity index (χ4n) is 1.70. The molecular weight excluding hydrogens is 232 g/mol. The number of ether oxygens (including phenoxy) is 1. The van der Waals surface area contributed by atoms with E-state index in [1.165, 1.54) is 16.8 Å². The maximum absolute atomic E-state index is 11.5. The van der Waals surface area contributed by atoms with Crippen LogP contribution in [0.25, 0.3) is 0 Å². The van der Waals surface area contributed by atoms with Gasteiger partial charge in [0, 0.05) is 23.9 Å². The number of aromatic amines is 1. The van der Waals surface area contributed by atoms with Gasteiger partial charge in [-0.2, -0.15) is 12.6 Å². The number of rotatable bonds is 2. The first kappa shape index (κ1) is 11.4. The predicted molar refractivity (Wildman–Crippen MR) is 59.7 cm³/mol. The van der Waals surface area contributed by atoms with Crippen LogP contribution in [0, 0.1) is 0 Å². The smallest absolute Gasteiger partial charge is 0.330 e. The summed E-state index contributed by atoms with van der Waals surface area (Å²) in [6, 6.07) is 1.25. The molecule has 0 saturated carbocycles. The van der Waals surface area contributed by atoms with Gasteiger partial charge < -0.3 is 9.84 Å². The summed E-state index contributed by atoms with van der Waals surface area (Å²) < 4.78 is 6.74. The summed E-state index contributed by atoms with van der Waals surface area (Å²) in [5, 5.41) is 8.88. The van der Waals surface area contributed by atoms with Gasteiger partial charge in [0.15, 0.2) is 0 Å². The van der Waals surface area contributed by atoms with Gasteiger partial charge in [0.05, 0.1) is 12.7 Å². The Hall–Kier alpha value is -1.05. The van der Waals surface area contributed by atoms with E-state index in [1.54, 1.807) is 0 Å². The Balaban J connectivity index is 2.27. The van der Waals surface area contributed by atoms with E-state index in [-0.39, 0.29) is 18.0 Å². The first-order chi connectivity index (χ1) is 7.61. The molecule has 0 radical (unpaired) electrons. The van der Waals surface area contributed by atoms with Crippen LogP contribution in [0.4, 0.5) is 0 Å². The largest absolute Gasteiger partial charge is 0.394 e. The Morgan fingerprint density at radius 3 is 2.94 bits per heavy atom. The summed E-state index contributed by atoms with van der Waals surface area (Å²) in [6.07, 6.45) is 1.03. The Morgan fingerprint density at radius 2 is 2.38 bits per heavy atom. The van der Waals surface area contributed by atoms with Crippen molar-refractivity contribution >= 4 is 12.6 Å². The highest BCUT2D eigenvalue weighted by atomic mass is 32.1. The number of hydrogen-bond acceptors (Lipinski definition) is 5. The van der Waals surface area contributed by atoms with Crippen LogP contribution in [0.5, 0.6) is 0 Å². The van der Waals surface area contributed by atoms with Gasteiger partial charge in [0.2, 0.25) is 0 Å². The van der Waals surface area contributed by atoms with Gasteiger partial charge in [0.1, 0.15) is 6.23 Å². The Morgan fingerprint density at radius 1 is 1.62 bits per heavy atom. The maximum Gasteiger partial charge on any atom is 0.330 e. The lowest BCUT2D eigenvalue weighted by molar-refractivity contribution is -0.0237. The van der Waals surface area contributed by atoms with Gasteiger partial charge in [-0.1, -0.05) is 0 Å². The van der Waals surface area contributed by atoms with Crippen molar-refractivity contribution in [2.45, 2.75) is 24.0 Å². The molecule has 2 N–H and O–H groups in total. The Labute approximate surface area is 96.3 Å². The van der Waals surface area contributed by atoms with Gasteiger partial charge in [-0.05, 0) is 0 Å². The number of H-pyrrole nitrogens is 1. The van der Waals surface area contributed by atoms with Crippen molar-refractivity contribution in [3.8, 4) is 0 Å². The molecule has 88 valence electrons. The molecule has 2 heterocycles. The highest BCUT2D eigenvalue weighted by Crippen LogP contribution is 2.30. The average Bonchev–Trinajstić information content (AvgIpc) is 2.59. The first-order valence-electron chi connectivity index (χ1n) is 4.87. The van der Waals surface area contributed by atoms with Crippen molar-refractivity contribution in [1.29, 1.82) is 0 Å². The zero-order chi connectivity index (χ0) is 11.7. The molecule has 2 rings (SSSR count). The maximum atomic E-state index is 11.5. The number of nitrogens with one attached hydrogen (secondary N) is 1. The van der Waals surface area contributed by atoms with E-state index in [0.717, 1.165) is 0 Å². The van der Waals surface area contributed by atoms with Crippen LogP contribution < -0.4 is 11.2 Å². The Bertz CT molecular complexity index is 483. The molecule has 1 unspecified atom stereocenters. The highest BCUT2D eigenvalue weighted by Gasteiger charge is 2.33. The molecule has 0 aliphatic carbocycles. The van der Waals surface area contributed by atoms with Crippen LogP contribution in [-0.2, 0) is 4.74 Å². The van der Waals surface area contributed by atoms with E-state index >= 15 is 0 Å². The van der Waals surface area contributed by atoms with Gasteiger partial charge in [0.25, 0.3) is 5.56 Å². The summed E-state index contributed by atoms with van der Waals surface area (Å²) in [6.45, 7) is -0.136. The molecule has 0 amide bonds. The molecule has 1 aromatic heterocycles. The standard InChI is InChI=1S/C9H12N2O4S/c12-4-5-6(16)3-8(15-5)11-2-1-7(13)10-9(11)14/h1-2,5-6,8,12,16H,3-4H2,(H,10,13,14)/t5-,6?,8-/m0/s1. The zero-order valence-electron chi connectivity index (χ0n) is 8.37. The lowest BCUT2D eigenvalue weighted by atomic mass is 10.2. The minimum absolute atomic E-state index is 0.117. The van der Waals surface area contributed by atoms with Gasteiger partial charge >= 0.3 is 5.69 Å². The first-order valence-corrected chi connectivity index (χ1v) is 5.39. The van der Waals surface area contributed by atoms with Crippen molar-refractivity contribution in [1.82, 2.24) is 9.55 Å². The SMILES string of the molecule is O=c1ccn([C@@H]2CC(S)[C@H](CO)O2)c(=O)[nH]1. The summed E-state index contributed by atoms with van der Waals surface area (Å²) in [4.78, 5) is 24.5. The van der Waals surface area contributed by atoms with Crippen LogP contribution in [0.15, 0.2) is 21.9 Å². The zero-order valence-corrected chi connectivity index (χ0v) is 9.26. The van der Waals surface area contributed by atoms with Crippen LogP contribution in [0.1, 0.15) is 12.6 Å². The number of nitrogens with zero attached hydrogens (tertiary/aromatic N) is 1. The molecule has 1 aliphatic heterocycles. The lowest BCUT2D eigenvalue weighted by Crippen LogP contribution is -2.31. The van der Waals surface area contributed by atoms with Crippen LogP contribution in [0.3, 0.4) is 0 Å². The molecule has 6 nitrogen and oxygen atoms in total. The topological polar surface area (TPSA) is 84.3 Å². The van der Waals surface area contributed by atoms with E-state index < -0.39 is 17.5 Å². The molecule has 3 atom stereocenters. The minimum atomic E-state index is -0.517. The van der Waals surface area contributed by atoms with E-state index in [2.05, 4.69) is 17.6 Å². The van der Waals surface area contributed by atoms with Crippen molar-refractivity contribution in [3.05, 3.63) is 33.1 Å². The lowest BCUT2D eigenvalue weighted by Gasteiger charge is -2.13. The van der Waals surface area contributed by atoms with Gasteiger partial charge in [-0.3, -0.25) is 14.3 Å². The second kappa shape index (κ2) is 4.44. The molecule has 16 heavy (non-hydrogen) atoms. The molecule has 0 aromatic carbocycles. The van der Waals surface area contributed by atoms with E-state index in [1.807, 2.05) is 0 Å². The van der Waals surface area contributed by atoms with E-state index in [9.17, 15) is 9.59 Å². The average molecular weight is 244 g/mol. The van der Waals surface area contributed by atoms with Gasteiger partial charge in [-0.15, -0.1) is 0 Å². The summed E-state index contributed by atoms with van der Waals surface area (Å²) >= 11 is 4.26. The number of aliphatic hydroxyl groups is 1. The number of aromatic nitrogens is 2. The third kappa shape index (κ3) is 2.06. The Kier molecular flexibility index (Phi) is 3.17. The predicted octanol–water partition coefficient (Wildman–Crippen LogP) is -0.885. The van der Waals surface area contributed by atoms with Crippen molar-refractivity contribution < 1.29 is 9.84 Å². The monoisotopic (exact) mass is 244 g/mol. The number of hydrogen-bond donors (Lipinski definition) is 3. The van der Waals surface area contributed by atoms with E-state index in [4.69, 9.17) is 9.84 Å². The molecule has 1 aromatic rings. The summed E-state index contributed by atoms with van der Waals surface area (Å²) in [5.74, 6) is 0. The molecule has 1 saturated heterocycles. The quantitative estimate of drug-likeness (QED) is 0.590. The normalized spacial score (nSPS) is 29.5.